The lowest BCUT2D eigenvalue weighted by Gasteiger charge is -2.62. The molecule has 28 atom stereocenters. The molecule has 4 saturated carbocycles. The smallest absolute Gasteiger partial charge is 0.187 e. The summed E-state index contributed by atoms with van der Waals surface area (Å²) in [5, 5.41) is 118. The molecule has 9 rings (SSSR count). The first-order valence-corrected chi connectivity index (χ1v) is 23.9. The zero-order valence-electron chi connectivity index (χ0n) is 37.3. The highest BCUT2D eigenvalue weighted by molar-refractivity contribution is 5.16. The second-order valence-electron chi connectivity index (χ2n) is 21.6. The van der Waals surface area contributed by atoms with Crippen molar-refractivity contribution in [3.8, 4) is 0 Å². The van der Waals surface area contributed by atoms with E-state index in [4.69, 9.17) is 37.9 Å². The van der Waals surface area contributed by atoms with Gasteiger partial charge in [0.1, 0.15) is 73.2 Å². The predicted molar refractivity (Wildman–Crippen MR) is 217 cm³/mol. The highest BCUT2D eigenvalue weighted by Crippen LogP contribution is 2.71. The van der Waals surface area contributed by atoms with Crippen LogP contribution in [0.15, 0.2) is 0 Å². The number of hydrogen-bond donors (Lipinski definition) is 11. The first kappa shape index (κ1) is 48.3. The Labute approximate surface area is 373 Å². The Balaban J connectivity index is 0.848. The van der Waals surface area contributed by atoms with E-state index in [-0.39, 0.29) is 29.3 Å². The van der Waals surface area contributed by atoms with Crippen molar-refractivity contribution in [3.63, 3.8) is 0 Å². The molecule has 5 heterocycles. The van der Waals surface area contributed by atoms with Gasteiger partial charge in [-0.1, -0.05) is 27.7 Å². The molecule has 19 nitrogen and oxygen atoms in total. The van der Waals surface area contributed by atoms with Crippen LogP contribution in [0.5, 0.6) is 0 Å². The van der Waals surface area contributed by atoms with Gasteiger partial charge in [-0.15, -0.1) is 0 Å². The van der Waals surface area contributed by atoms with E-state index >= 15 is 0 Å². The Kier molecular flexibility index (Phi) is 13.7. The highest BCUT2D eigenvalue weighted by Gasteiger charge is 2.70. The van der Waals surface area contributed by atoms with E-state index in [1.165, 1.54) is 0 Å². The van der Waals surface area contributed by atoms with Crippen LogP contribution >= 0.6 is 0 Å². The predicted octanol–water partition coefficient (Wildman–Crippen LogP) is -1.76. The zero-order chi connectivity index (χ0) is 45.8. The van der Waals surface area contributed by atoms with E-state index in [9.17, 15) is 56.2 Å². The molecule has 0 radical (unpaired) electrons. The Morgan fingerprint density at radius 3 is 1.86 bits per heavy atom. The lowest BCUT2D eigenvalue weighted by Crippen LogP contribution is -2.67. The van der Waals surface area contributed by atoms with Crippen LogP contribution in [0.3, 0.4) is 0 Å². The summed E-state index contributed by atoms with van der Waals surface area (Å²) in [5.74, 6) is 2.25. The van der Waals surface area contributed by atoms with Gasteiger partial charge in [0.15, 0.2) is 24.7 Å². The minimum Gasteiger partial charge on any atom is -0.394 e. The van der Waals surface area contributed by atoms with Gasteiger partial charge in [-0.2, -0.15) is 0 Å². The molecule has 0 aromatic heterocycles. The van der Waals surface area contributed by atoms with Crippen molar-refractivity contribution in [3.05, 3.63) is 0 Å². The summed E-state index contributed by atoms with van der Waals surface area (Å²) in [6, 6.07) is 0. The van der Waals surface area contributed by atoms with Gasteiger partial charge >= 0.3 is 0 Å². The van der Waals surface area contributed by atoms with E-state index in [2.05, 4.69) is 27.7 Å². The fraction of sp³-hybridized carbons (Fsp3) is 1.00. The summed E-state index contributed by atoms with van der Waals surface area (Å²) in [6.07, 6.45) is -18.2. The molecule has 5 saturated heterocycles. The Morgan fingerprint density at radius 1 is 0.578 bits per heavy atom. The molecule has 368 valence electrons. The van der Waals surface area contributed by atoms with Gasteiger partial charge in [0.05, 0.1) is 44.7 Å². The van der Waals surface area contributed by atoms with Gasteiger partial charge < -0.3 is 94.1 Å². The quantitative estimate of drug-likeness (QED) is 0.114. The third kappa shape index (κ3) is 7.76. The summed E-state index contributed by atoms with van der Waals surface area (Å²) in [4.78, 5) is 0. The van der Waals surface area contributed by atoms with Gasteiger partial charge in [0.25, 0.3) is 0 Å². The minimum absolute atomic E-state index is 0.129. The van der Waals surface area contributed by atoms with Crippen LogP contribution in [0.4, 0.5) is 0 Å². The second-order valence-corrected chi connectivity index (χ2v) is 21.6. The maximum absolute atomic E-state index is 12.2. The second kappa shape index (κ2) is 18.2. The number of aliphatic hydroxyl groups excluding tert-OH is 11. The number of aliphatic hydroxyl groups is 11. The van der Waals surface area contributed by atoms with Crippen molar-refractivity contribution < 1.29 is 94.1 Å². The van der Waals surface area contributed by atoms with Crippen molar-refractivity contribution in [2.75, 3.05) is 26.4 Å². The van der Waals surface area contributed by atoms with Crippen LogP contribution in [0.25, 0.3) is 0 Å². The third-order valence-corrected chi connectivity index (χ3v) is 18.4. The molecule has 11 N–H and O–H groups in total. The summed E-state index contributed by atoms with van der Waals surface area (Å²) in [6.45, 7) is 7.76. The van der Waals surface area contributed by atoms with Crippen molar-refractivity contribution in [2.45, 2.75) is 202 Å². The Bertz CT molecular complexity index is 1600. The van der Waals surface area contributed by atoms with Crippen LogP contribution in [-0.2, 0) is 37.9 Å². The number of fused-ring (bicyclic) bond motifs is 7. The summed E-state index contributed by atoms with van der Waals surface area (Å²) >= 11 is 0. The largest absolute Gasteiger partial charge is 0.394 e. The fourth-order valence-electron chi connectivity index (χ4n) is 14.7. The van der Waals surface area contributed by atoms with Crippen LogP contribution in [-0.4, -0.2) is 199 Å². The van der Waals surface area contributed by atoms with E-state index < -0.39 is 130 Å². The monoisotopic (exact) mass is 918 g/mol. The van der Waals surface area contributed by atoms with E-state index in [1.54, 1.807) is 0 Å². The molecule has 0 aromatic rings. The average Bonchev–Trinajstić information content (AvgIpc) is 3.73. The van der Waals surface area contributed by atoms with Gasteiger partial charge in [0, 0.05) is 18.8 Å². The molecule has 64 heavy (non-hydrogen) atoms. The molecule has 1 spiro atoms. The minimum atomic E-state index is -1.91. The third-order valence-electron chi connectivity index (χ3n) is 18.4. The molecular weight excluding hydrogens is 844 g/mol. The standard InChI is InChI=1S/C45H74O19/c1-18-7-10-45(57-17-18)19(2)30-25(64-45)13-24-22-6-5-20-11-21(12-29(49)44(20,4)23(22)8-9-43(24,30)3)58-40-37(56)35(54)38(28(16-48)61-40)62-42-39(34(53)32(51)27(15-47)60-42)63-41-36(55)33(52)31(50)26(14-46)59-41/h18-42,46-56H,5-17H2,1-4H3/t18-,19+,20+,21-,22-,23+,24+,25+,26-,27-,28-,29-,30+,31-,32-,33+,34+,35-,36-,37-,38-,39-,40-,41+,42+,43+,44+,45-/m1/s1. The Morgan fingerprint density at radius 2 is 1.19 bits per heavy atom. The molecule has 9 aliphatic rings. The molecule has 5 aliphatic heterocycles. The van der Waals surface area contributed by atoms with Gasteiger partial charge in [-0.05, 0) is 91.3 Å². The van der Waals surface area contributed by atoms with Crippen molar-refractivity contribution in [1.82, 2.24) is 0 Å². The molecule has 0 bridgehead atoms. The lowest BCUT2D eigenvalue weighted by molar-refractivity contribution is -0.390. The van der Waals surface area contributed by atoms with Crippen LogP contribution < -0.4 is 0 Å². The first-order valence-electron chi connectivity index (χ1n) is 23.9. The molecule has 9 fully saturated rings. The highest BCUT2D eigenvalue weighted by atomic mass is 16.8. The molecular formula is C45H74O19. The Hall–Kier alpha value is -0.760. The summed E-state index contributed by atoms with van der Waals surface area (Å²) in [5.41, 5.74) is -0.215. The topological polar surface area (TPSA) is 296 Å². The maximum Gasteiger partial charge on any atom is 0.187 e. The van der Waals surface area contributed by atoms with Gasteiger partial charge in [0.2, 0.25) is 0 Å². The van der Waals surface area contributed by atoms with Crippen LogP contribution in [0.1, 0.15) is 85.5 Å². The van der Waals surface area contributed by atoms with Crippen LogP contribution in [0.2, 0.25) is 0 Å². The lowest BCUT2D eigenvalue weighted by atomic mass is 9.43. The SMILES string of the molecule is C[C@@H]1CC[C@@]2(OC1)O[C@H]1C[C@H]3[C@@H]4CC[C@H]5C[C@@H](O[C@@H]6O[C@H](CO)[C@@H](O[C@@H]7O[C@H](CO)[C@@H](O)[C@H](O)[C@H]7O[C@@H]7O[C@H](CO)[C@@H](O)[C@H](O)[C@H]7O)[C@H](O)[C@H]6O)C[C@@H](O)[C@]5(C)[C@H]4CC[C@]3(C)[C@H]1[C@@H]2C. The fourth-order valence-corrected chi connectivity index (χ4v) is 14.7. The van der Waals surface area contributed by atoms with E-state index in [0.29, 0.717) is 41.9 Å². The van der Waals surface area contributed by atoms with Crippen LogP contribution in [0, 0.1) is 52.3 Å². The van der Waals surface area contributed by atoms with Crippen molar-refractivity contribution in [2.24, 2.45) is 52.3 Å². The molecule has 19 heteroatoms. The molecule has 0 aromatic carbocycles. The first-order chi connectivity index (χ1) is 30.4. The van der Waals surface area contributed by atoms with Crippen molar-refractivity contribution in [1.29, 1.82) is 0 Å². The molecule has 0 unspecified atom stereocenters. The number of hydrogen-bond acceptors (Lipinski definition) is 19. The zero-order valence-corrected chi connectivity index (χ0v) is 37.3. The molecule has 0 amide bonds. The number of ether oxygens (including phenoxy) is 8. The summed E-state index contributed by atoms with van der Waals surface area (Å²) < 4.78 is 48.8. The average molecular weight is 919 g/mol. The van der Waals surface area contributed by atoms with E-state index in [0.717, 1.165) is 51.6 Å². The van der Waals surface area contributed by atoms with Gasteiger partial charge in [-0.25, -0.2) is 0 Å². The normalized spacial score (nSPS) is 58.6. The van der Waals surface area contributed by atoms with E-state index in [1.807, 2.05) is 0 Å². The summed E-state index contributed by atoms with van der Waals surface area (Å²) in [7, 11) is 0. The number of rotatable bonds is 9. The van der Waals surface area contributed by atoms with Crippen molar-refractivity contribution >= 4 is 0 Å². The van der Waals surface area contributed by atoms with Gasteiger partial charge in [-0.3, -0.25) is 0 Å². The molecule has 4 aliphatic carbocycles. The maximum atomic E-state index is 12.2.